The minimum Gasteiger partial charge on any atom is -0.493 e. The molecule has 2 aliphatic rings. The fraction of sp³-hybridized carbons (Fsp3) is 0.520. The molecule has 0 radical (unpaired) electrons. The molecular weight excluding hydrogens is 392 g/mol. The van der Waals surface area contributed by atoms with Gasteiger partial charge >= 0.3 is 0 Å². The van der Waals surface area contributed by atoms with Crippen molar-refractivity contribution < 1.29 is 18.7 Å². The van der Waals surface area contributed by atoms with Gasteiger partial charge in [0.25, 0.3) is 0 Å². The molecular formula is C25H32N2O4. The lowest BCUT2D eigenvalue weighted by molar-refractivity contribution is -0.135. The predicted octanol–water partition coefficient (Wildman–Crippen LogP) is 4.11. The maximum absolute atomic E-state index is 12.9. The number of piperazine rings is 1. The van der Waals surface area contributed by atoms with Crippen LogP contribution in [0.4, 0.5) is 0 Å². The van der Waals surface area contributed by atoms with Gasteiger partial charge in [0.1, 0.15) is 17.1 Å². The molecule has 1 aliphatic heterocycles. The molecule has 166 valence electrons. The summed E-state index contributed by atoms with van der Waals surface area (Å²) < 4.78 is 12.3. The molecule has 2 aromatic rings. The number of allylic oxidation sites excluding steroid dienone is 1. The van der Waals surface area contributed by atoms with E-state index in [0.29, 0.717) is 32.8 Å². The van der Waals surface area contributed by atoms with E-state index in [1.807, 2.05) is 25.7 Å². The molecule has 0 N–H and O–H groups in total. The van der Waals surface area contributed by atoms with E-state index >= 15 is 0 Å². The largest absolute Gasteiger partial charge is 0.493 e. The molecule has 1 aromatic carbocycles. The normalized spacial score (nSPS) is 17.1. The molecule has 6 nitrogen and oxygen atoms in total. The van der Waals surface area contributed by atoms with Crippen molar-refractivity contribution in [2.75, 3.05) is 32.8 Å². The number of carbonyl (C=O) groups is 2. The van der Waals surface area contributed by atoms with Crippen LogP contribution in [0.15, 0.2) is 16.6 Å². The van der Waals surface area contributed by atoms with Crippen LogP contribution in [-0.2, 0) is 22.4 Å². The second kappa shape index (κ2) is 8.77. The molecule has 6 heteroatoms. The Hall–Kier alpha value is -2.76. The molecule has 4 rings (SSSR count). The standard InChI is InChI=1S/C25H32N2O4/c1-5-30-24-17(3)25-21(19-8-6-7-9-22(19)31-25)15-20(24)16(2)14-23(29)27-12-10-26(11-13-27)18(4)28/h14-15H,5-13H2,1-4H3/b16-14+. The molecule has 2 heterocycles. The highest BCUT2D eigenvalue weighted by Gasteiger charge is 2.25. The SMILES string of the molecule is CCOc1c(/C(C)=C/C(=O)N2CCN(C(C)=O)CC2)cc2c3c(oc2c1C)CCCC3. The van der Waals surface area contributed by atoms with Crippen LogP contribution in [0.1, 0.15) is 56.1 Å². The third-order valence-corrected chi connectivity index (χ3v) is 6.52. The van der Waals surface area contributed by atoms with E-state index in [0.717, 1.165) is 52.0 Å². The number of nitrogens with zero attached hydrogens (tertiary/aromatic N) is 2. The van der Waals surface area contributed by atoms with Gasteiger partial charge in [0.2, 0.25) is 11.8 Å². The summed E-state index contributed by atoms with van der Waals surface area (Å²) in [6.07, 6.45) is 6.09. The van der Waals surface area contributed by atoms with E-state index in [4.69, 9.17) is 9.15 Å². The molecule has 0 spiro atoms. The number of hydrogen-bond donors (Lipinski definition) is 0. The van der Waals surface area contributed by atoms with E-state index in [9.17, 15) is 9.59 Å². The number of amides is 2. The summed E-state index contributed by atoms with van der Waals surface area (Å²) in [6.45, 7) is 10.4. The Morgan fingerprint density at radius 3 is 2.45 bits per heavy atom. The lowest BCUT2D eigenvalue weighted by Gasteiger charge is -2.33. The average molecular weight is 425 g/mol. The van der Waals surface area contributed by atoms with E-state index < -0.39 is 0 Å². The highest BCUT2D eigenvalue weighted by Crippen LogP contribution is 2.41. The quantitative estimate of drug-likeness (QED) is 0.693. The summed E-state index contributed by atoms with van der Waals surface area (Å²) in [6, 6.07) is 2.15. The summed E-state index contributed by atoms with van der Waals surface area (Å²) in [5.41, 5.74) is 5.07. The number of aryl methyl sites for hydroxylation is 3. The zero-order chi connectivity index (χ0) is 22.1. The minimum absolute atomic E-state index is 0.0184. The maximum Gasteiger partial charge on any atom is 0.246 e. The Bertz CT molecular complexity index is 1040. The van der Waals surface area contributed by atoms with E-state index in [1.54, 1.807) is 17.9 Å². The zero-order valence-electron chi connectivity index (χ0n) is 19.0. The van der Waals surface area contributed by atoms with Gasteiger partial charge in [-0.1, -0.05) is 0 Å². The first kappa shape index (κ1) is 21.5. The maximum atomic E-state index is 12.9. The summed E-state index contributed by atoms with van der Waals surface area (Å²) >= 11 is 0. The van der Waals surface area contributed by atoms with Gasteiger partial charge < -0.3 is 19.0 Å². The highest BCUT2D eigenvalue weighted by atomic mass is 16.5. The minimum atomic E-state index is -0.0184. The molecule has 0 saturated carbocycles. The van der Waals surface area contributed by atoms with Gasteiger partial charge in [0, 0.05) is 67.7 Å². The first-order valence-corrected chi connectivity index (χ1v) is 11.3. The van der Waals surface area contributed by atoms with Crippen molar-refractivity contribution in [3.05, 3.63) is 34.6 Å². The summed E-state index contributed by atoms with van der Waals surface area (Å²) in [5, 5.41) is 1.15. The van der Waals surface area contributed by atoms with Crippen LogP contribution < -0.4 is 4.74 Å². The molecule has 31 heavy (non-hydrogen) atoms. The highest BCUT2D eigenvalue weighted by molar-refractivity contribution is 5.98. The molecule has 1 fully saturated rings. The second-order valence-electron chi connectivity index (χ2n) is 8.56. The van der Waals surface area contributed by atoms with Crippen molar-refractivity contribution in [3.8, 4) is 5.75 Å². The lowest BCUT2D eigenvalue weighted by Crippen LogP contribution is -2.49. The molecule has 0 atom stereocenters. The molecule has 1 aromatic heterocycles. The van der Waals surface area contributed by atoms with E-state index in [2.05, 4.69) is 6.07 Å². The topological polar surface area (TPSA) is 63.0 Å². The van der Waals surface area contributed by atoms with Crippen LogP contribution in [-0.4, -0.2) is 54.4 Å². The monoisotopic (exact) mass is 424 g/mol. The summed E-state index contributed by atoms with van der Waals surface area (Å²) in [7, 11) is 0. The third kappa shape index (κ3) is 4.08. The van der Waals surface area contributed by atoms with Crippen LogP contribution in [0.3, 0.4) is 0 Å². The van der Waals surface area contributed by atoms with Gasteiger partial charge in [0.15, 0.2) is 0 Å². The second-order valence-corrected chi connectivity index (χ2v) is 8.56. The number of benzene rings is 1. The van der Waals surface area contributed by atoms with Crippen molar-refractivity contribution in [2.24, 2.45) is 0 Å². The molecule has 0 bridgehead atoms. The number of rotatable bonds is 4. The fourth-order valence-electron chi connectivity index (χ4n) is 4.76. The molecule has 2 amide bonds. The summed E-state index contributed by atoms with van der Waals surface area (Å²) in [5.74, 6) is 1.94. The first-order valence-electron chi connectivity index (χ1n) is 11.3. The predicted molar refractivity (Wildman–Crippen MR) is 121 cm³/mol. The van der Waals surface area contributed by atoms with Crippen LogP contribution in [0.2, 0.25) is 0 Å². The Morgan fingerprint density at radius 2 is 1.77 bits per heavy atom. The van der Waals surface area contributed by atoms with Crippen LogP contribution >= 0.6 is 0 Å². The number of carbonyl (C=O) groups excluding carboxylic acids is 2. The van der Waals surface area contributed by atoms with Crippen molar-refractivity contribution in [1.29, 1.82) is 0 Å². The average Bonchev–Trinajstić information content (AvgIpc) is 3.14. The van der Waals surface area contributed by atoms with Gasteiger partial charge in [-0.3, -0.25) is 9.59 Å². The van der Waals surface area contributed by atoms with Crippen molar-refractivity contribution in [3.63, 3.8) is 0 Å². The van der Waals surface area contributed by atoms with Crippen LogP contribution in [0.5, 0.6) is 5.75 Å². The van der Waals surface area contributed by atoms with Gasteiger partial charge in [-0.2, -0.15) is 0 Å². The number of hydrogen-bond acceptors (Lipinski definition) is 4. The van der Waals surface area contributed by atoms with Gasteiger partial charge in [-0.15, -0.1) is 0 Å². The Kier molecular flexibility index (Phi) is 6.08. The molecule has 1 saturated heterocycles. The first-order chi connectivity index (χ1) is 14.9. The number of ether oxygens (including phenoxy) is 1. The van der Waals surface area contributed by atoms with E-state index in [-0.39, 0.29) is 11.8 Å². The number of fused-ring (bicyclic) bond motifs is 3. The Morgan fingerprint density at radius 1 is 1.10 bits per heavy atom. The van der Waals surface area contributed by atoms with E-state index in [1.165, 1.54) is 18.4 Å². The Balaban J connectivity index is 1.67. The third-order valence-electron chi connectivity index (χ3n) is 6.52. The fourth-order valence-corrected chi connectivity index (χ4v) is 4.76. The lowest BCUT2D eigenvalue weighted by atomic mass is 9.93. The van der Waals surface area contributed by atoms with Crippen LogP contribution in [0, 0.1) is 6.92 Å². The van der Waals surface area contributed by atoms with Crippen molar-refractivity contribution >= 4 is 28.4 Å². The zero-order valence-corrected chi connectivity index (χ0v) is 19.0. The Labute approximate surface area is 183 Å². The van der Waals surface area contributed by atoms with Crippen molar-refractivity contribution in [2.45, 2.75) is 53.4 Å². The molecule has 0 unspecified atom stereocenters. The smallest absolute Gasteiger partial charge is 0.246 e. The number of furan rings is 1. The van der Waals surface area contributed by atoms with Gasteiger partial charge in [-0.05, 0) is 51.7 Å². The van der Waals surface area contributed by atoms with Crippen molar-refractivity contribution in [1.82, 2.24) is 9.80 Å². The van der Waals surface area contributed by atoms with Crippen LogP contribution in [0.25, 0.3) is 16.5 Å². The van der Waals surface area contributed by atoms with Gasteiger partial charge in [-0.25, -0.2) is 0 Å². The summed E-state index contributed by atoms with van der Waals surface area (Å²) in [4.78, 5) is 28.1. The molecule has 1 aliphatic carbocycles. The van der Waals surface area contributed by atoms with Gasteiger partial charge in [0.05, 0.1) is 6.61 Å².